The van der Waals surface area contributed by atoms with Gasteiger partial charge in [-0.2, -0.15) is 0 Å². The number of halogens is 1. The molecule has 1 saturated carbocycles. The van der Waals surface area contributed by atoms with Crippen molar-refractivity contribution in [1.82, 2.24) is 20.4 Å². The third-order valence-corrected chi connectivity index (χ3v) is 6.02. The molecule has 1 unspecified atom stereocenters. The van der Waals surface area contributed by atoms with Gasteiger partial charge in [0.15, 0.2) is 5.96 Å². The fraction of sp³-hybridized carbons (Fsp3) is 0.895. The fourth-order valence-electron chi connectivity index (χ4n) is 3.98. The number of likely N-dealkylation sites (tertiary alicyclic amines) is 1. The van der Waals surface area contributed by atoms with Crippen molar-refractivity contribution < 1.29 is 4.79 Å². The maximum absolute atomic E-state index is 12.2. The van der Waals surface area contributed by atoms with Crippen molar-refractivity contribution >= 4 is 35.8 Å². The number of rotatable bonds is 8. The van der Waals surface area contributed by atoms with Gasteiger partial charge in [0.2, 0.25) is 5.91 Å². The lowest BCUT2D eigenvalue weighted by atomic mass is 9.67. The summed E-state index contributed by atoms with van der Waals surface area (Å²) in [5.41, 5.74) is 0.493. The van der Waals surface area contributed by atoms with E-state index in [0.717, 1.165) is 51.4 Å². The number of hydrogen-bond donors (Lipinski definition) is 2. The second-order valence-corrected chi connectivity index (χ2v) is 7.84. The van der Waals surface area contributed by atoms with Crippen molar-refractivity contribution in [2.75, 3.05) is 47.3 Å². The van der Waals surface area contributed by atoms with Crippen molar-refractivity contribution in [3.63, 3.8) is 0 Å². The van der Waals surface area contributed by atoms with E-state index in [2.05, 4.69) is 27.4 Å². The molecule has 0 aromatic heterocycles. The molecule has 1 heterocycles. The Hall–Kier alpha value is -0.570. The molecule has 0 aromatic carbocycles. The average Bonchev–Trinajstić information content (AvgIpc) is 3.03. The van der Waals surface area contributed by atoms with Crippen LogP contribution in [-0.2, 0) is 4.79 Å². The summed E-state index contributed by atoms with van der Waals surface area (Å²) in [4.78, 5) is 20.6. The van der Waals surface area contributed by atoms with Gasteiger partial charge in [-0.25, -0.2) is 0 Å². The summed E-state index contributed by atoms with van der Waals surface area (Å²) in [5, 5.41) is 6.92. The van der Waals surface area contributed by atoms with Gasteiger partial charge in [-0.1, -0.05) is 13.3 Å². The lowest BCUT2D eigenvalue weighted by Gasteiger charge is -2.41. The summed E-state index contributed by atoms with van der Waals surface area (Å²) >= 11 is 0. The maximum Gasteiger partial charge on any atom is 0.239 e. The van der Waals surface area contributed by atoms with Crippen LogP contribution in [-0.4, -0.2) is 75.0 Å². The molecule has 0 spiro atoms. The Labute approximate surface area is 176 Å². The van der Waals surface area contributed by atoms with Crippen LogP contribution in [0.2, 0.25) is 0 Å². The smallest absolute Gasteiger partial charge is 0.239 e. The number of carbonyl (C=O) groups excluding carboxylic acids is 1. The number of aliphatic imine (C=N–C) groups is 1. The van der Waals surface area contributed by atoms with Gasteiger partial charge in [-0.15, -0.1) is 24.0 Å². The lowest BCUT2D eigenvalue weighted by Crippen LogP contribution is -2.47. The monoisotopic (exact) mass is 479 g/mol. The van der Waals surface area contributed by atoms with E-state index < -0.39 is 0 Å². The van der Waals surface area contributed by atoms with E-state index in [1.54, 1.807) is 4.90 Å². The first kappa shape index (κ1) is 23.5. The summed E-state index contributed by atoms with van der Waals surface area (Å²) in [7, 11) is 5.53. The van der Waals surface area contributed by atoms with Gasteiger partial charge in [0, 0.05) is 40.8 Å². The Morgan fingerprint density at radius 3 is 2.54 bits per heavy atom. The van der Waals surface area contributed by atoms with Gasteiger partial charge < -0.3 is 15.5 Å². The fourth-order valence-corrected chi connectivity index (χ4v) is 3.98. The van der Waals surface area contributed by atoms with Crippen molar-refractivity contribution in [1.29, 1.82) is 0 Å². The van der Waals surface area contributed by atoms with E-state index in [1.165, 1.54) is 25.7 Å². The molecule has 1 saturated heterocycles. The first-order chi connectivity index (χ1) is 12.0. The van der Waals surface area contributed by atoms with E-state index in [1.807, 2.05) is 21.1 Å². The molecule has 0 aromatic rings. The van der Waals surface area contributed by atoms with E-state index in [9.17, 15) is 4.79 Å². The van der Waals surface area contributed by atoms with Gasteiger partial charge in [0.25, 0.3) is 0 Å². The Morgan fingerprint density at radius 2 is 2.00 bits per heavy atom. The minimum Gasteiger partial charge on any atom is -0.356 e. The summed E-state index contributed by atoms with van der Waals surface area (Å²) in [6, 6.07) is 0.0791. The van der Waals surface area contributed by atoms with Crippen molar-refractivity contribution in [3.8, 4) is 0 Å². The van der Waals surface area contributed by atoms with Crippen LogP contribution in [0, 0.1) is 5.41 Å². The predicted octanol–water partition coefficient (Wildman–Crippen LogP) is 2.29. The van der Waals surface area contributed by atoms with Crippen molar-refractivity contribution in [2.24, 2.45) is 10.4 Å². The molecule has 1 atom stereocenters. The Balaban J connectivity index is 0.00000338. The van der Waals surface area contributed by atoms with E-state index in [0.29, 0.717) is 5.41 Å². The molecule has 2 aliphatic rings. The molecule has 2 fully saturated rings. The molecular weight excluding hydrogens is 441 g/mol. The average molecular weight is 479 g/mol. The lowest BCUT2D eigenvalue weighted by molar-refractivity contribution is -0.133. The first-order valence-electron chi connectivity index (χ1n) is 9.91. The molecule has 26 heavy (non-hydrogen) atoms. The number of hydrogen-bond acceptors (Lipinski definition) is 3. The number of guanidine groups is 1. The molecule has 6 nitrogen and oxygen atoms in total. The third-order valence-electron chi connectivity index (χ3n) is 6.02. The van der Waals surface area contributed by atoms with E-state index in [4.69, 9.17) is 0 Å². The summed E-state index contributed by atoms with van der Waals surface area (Å²) < 4.78 is 0. The van der Waals surface area contributed by atoms with Crippen LogP contribution >= 0.6 is 24.0 Å². The molecule has 152 valence electrons. The number of nitrogens with one attached hydrogen (secondary N) is 2. The molecule has 0 bridgehead atoms. The zero-order valence-corrected chi connectivity index (χ0v) is 19.3. The van der Waals surface area contributed by atoms with Gasteiger partial charge in [-0.3, -0.25) is 14.7 Å². The normalized spacial score (nSPS) is 22.3. The van der Waals surface area contributed by atoms with Gasteiger partial charge in [0.05, 0.1) is 6.04 Å². The predicted molar refractivity (Wildman–Crippen MR) is 119 cm³/mol. The molecule has 7 heteroatoms. The molecule has 1 aliphatic heterocycles. The first-order valence-corrected chi connectivity index (χ1v) is 9.91. The zero-order chi connectivity index (χ0) is 18.3. The van der Waals surface area contributed by atoms with Gasteiger partial charge in [-0.05, 0) is 50.5 Å². The van der Waals surface area contributed by atoms with Gasteiger partial charge in [0.1, 0.15) is 0 Å². The van der Waals surface area contributed by atoms with Crippen LogP contribution in [0.3, 0.4) is 0 Å². The number of amides is 1. The molecule has 0 radical (unpaired) electrons. The van der Waals surface area contributed by atoms with E-state index >= 15 is 0 Å². The van der Waals surface area contributed by atoms with Crippen molar-refractivity contribution in [2.45, 2.75) is 57.9 Å². The van der Waals surface area contributed by atoms with Crippen molar-refractivity contribution in [3.05, 3.63) is 0 Å². The molecular formula is C19H38IN5O. The second kappa shape index (κ2) is 11.3. The highest BCUT2D eigenvalue weighted by Gasteiger charge is 2.35. The topological polar surface area (TPSA) is 60.0 Å². The second-order valence-electron chi connectivity index (χ2n) is 7.84. The van der Waals surface area contributed by atoms with Crippen LogP contribution < -0.4 is 10.6 Å². The highest BCUT2D eigenvalue weighted by atomic mass is 127. The number of likely N-dealkylation sites (N-methyl/N-ethyl adjacent to an activating group) is 1. The standard InChI is InChI=1S/C19H37N5O.HI/c1-5-19(10-7-11-19)15-22-18(20-2)21-12-8-14-24-13-6-9-16(24)17(25)23(3)4;/h16H,5-15H2,1-4H3,(H2,20,21,22);1H. The molecule has 2 rings (SSSR count). The largest absolute Gasteiger partial charge is 0.356 e. The van der Waals surface area contributed by atoms with Gasteiger partial charge >= 0.3 is 0 Å². The number of carbonyl (C=O) groups is 1. The third kappa shape index (κ3) is 6.25. The number of nitrogens with zero attached hydrogens (tertiary/aromatic N) is 3. The highest BCUT2D eigenvalue weighted by Crippen LogP contribution is 2.42. The highest BCUT2D eigenvalue weighted by molar-refractivity contribution is 14.0. The van der Waals surface area contributed by atoms with Crippen LogP contribution in [0.25, 0.3) is 0 Å². The van der Waals surface area contributed by atoms with E-state index in [-0.39, 0.29) is 35.9 Å². The van der Waals surface area contributed by atoms with Crippen LogP contribution in [0.4, 0.5) is 0 Å². The zero-order valence-electron chi connectivity index (χ0n) is 17.0. The Morgan fingerprint density at radius 1 is 1.27 bits per heavy atom. The molecule has 1 aliphatic carbocycles. The Kier molecular flexibility index (Phi) is 10.2. The summed E-state index contributed by atoms with van der Waals surface area (Å²) in [5.74, 6) is 1.15. The van der Waals surface area contributed by atoms with Crippen LogP contribution in [0.15, 0.2) is 4.99 Å². The summed E-state index contributed by atoms with van der Waals surface area (Å²) in [6.45, 7) is 6.20. The minimum absolute atomic E-state index is 0. The SMILES string of the molecule is CCC1(CNC(=NC)NCCCN2CCCC2C(=O)N(C)C)CCC1.I. The minimum atomic E-state index is 0. The molecule has 2 N–H and O–H groups in total. The summed E-state index contributed by atoms with van der Waals surface area (Å²) in [6.07, 6.45) is 8.43. The van der Waals surface area contributed by atoms with Crippen LogP contribution in [0.5, 0.6) is 0 Å². The maximum atomic E-state index is 12.2. The quantitative estimate of drug-likeness (QED) is 0.243. The molecule has 1 amide bonds. The Bertz CT molecular complexity index is 459. The van der Waals surface area contributed by atoms with Crippen LogP contribution in [0.1, 0.15) is 51.9 Å².